The molecule has 1 saturated heterocycles. The average molecular weight is 388 g/mol. The van der Waals surface area contributed by atoms with E-state index in [0.29, 0.717) is 31.1 Å². The zero-order valence-corrected chi connectivity index (χ0v) is 16.3. The van der Waals surface area contributed by atoms with E-state index < -0.39 is 0 Å². The second kappa shape index (κ2) is 9.01. The van der Waals surface area contributed by atoms with E-state index in [1.54, 1.807) is 19.1 Å². The van der Waals surface area contributed by atoms with Crippen molar-refractivity contribution in [2.24, 2.45) is 5.92 Å². The first-order valence-corrected chi connectivity index (χ1v) is 9.75. The van der Waals surface area contributed by atoms with Crippen molar-refractivity contribution >= 4 is 23.2 Å². The standard InChI is InChI=1S/C20H24N2O4S/c1-25-10-9-21-19(23)17-13-22(20(24)18-4-3-11-27-18)12-16(17)14-5-7-15(26-2)8-6-14/h3-8,11,16-17H,9-10,12-13H2,1-2H3,(H,21,23)/t16-,17-/m1/s1. The van der Waals surface area contributed by atoms with Crippen LogP contribution in [0.15, 0.2) is 41.8 Å². The summed E-state index contributed by atoms with van der Waals surface area (Å²) in [6.07, 6.45) is 0. The maximum absolute atomic E-state index is 12.8. The van der Waals surface area contributed by atoms with Crippen LogP contribution in [-0.4, -0.2) is 57.2 Å². The molecule has 0 saturated carbocycles. The molecule has 1 fully saturated rings. The summed E-state index contributed by atoms with van der Waals surface area (Å²) < 4.78 is 10.2. The summed E-state index contributed by atoms with van der Waals surface area (Å²) in [6, 6.07) is 11.4. The van der Waals surface area contributed by atoms with Crippen molar-refractivity contribution in [1.82, 2.24) is 10.2 Å². The van der Waals surface area contributed by atoms with E-state index in [1.165, 1.54) is 11.3 Å². The minimum atomic E-state index is -0.292. The molecule has 3 rings (SSSR count). The molecule has 1 aromatic heterocycles. The van der Waals surface area contributed by atoms with Gasteiger partial charge in [-0.2, -0.15) is 0 Å². The number of methoxy groups -OCH3 is 2. The number of carbonyl (C=O) groups is 2. The first-order chi connectivity index (χ1) is 13.1. The van der Waals surface area contributed by atoms with Crippen LogP contribution in [0.4, 0.5) is 0 Å². The van der Waals surface area contributed by atoms with Gasteiger partial charge in [0.05, 0.1) is 24.5 Å². The lowest BCUT2D eigenvalue weighted by Crippen LogP contribution is -2.37. The average Bonchev–Trinajstić information content (AvgIpc) is 3.38. The lowest BCUT2D eigenvalue weighted by Gasteiger charge is -2.18. The van der Waals surface area contributed by atoms with Crippen LogP contribution in [0.25, 0.3) is 0 Å². The topological polar surface area (TPSA) is 67.9 Å². The van der Waals surface area contributed by atoms with Crippen LogP contribution in [0.3, 0.4) is 0 Å². The van der Waals surface area contributed by atoms with Gasteiger partial charge in [-0.05, 0) is 29.1 Å². The van der Waals surface area contributed by atoms with Gasteiger partial charge in [0.25, 0.3) is 5.91 Å². The quantitative estimate of drug-likeness (QED) is 0.740. The van der Waals surface area contributed by atoms with Gasteiger partial charge >= 0.3 is 0 Å². The minimum Gasteiger partial charge on any atom is -0.497 e. The van der Waals surface area contributed by atoms with Gasteiger partial charge in [-0.3, -0.25) is 9.59 Å². The summed E-state index contributed by atoms with van der Waals surface area (Å²) in [7, 11) is 3.22. The predicted octanol–water partition coefficient (Wildman–Crippen LogP) is 2.38. The van der Waals surface area contributed by atoms with Gasteiger partial charge in [-0.25, -0.2) is 0 Å². The highest BCUT2D eigenvalue weighted by Crippen LogP contribution is 2.34. The predicted molar refractivity (Wildman–Crippen MR) is 104 cm³/mol. The summed E-state index contributed by atoms with van der Waals surface area (Å²) in [5, 5.41) is 4.81. The molecule has 27 heavy (non-hydrogen) atoms. The number of hydrogen-bond acceptors (Lipinski definition) is 5. The lowest BCUT2D eigenvalue weighted by atomic mass is 9.88. The molecule has 2 atom stereocenters. The Labute approximate surface area is 163 Å². The number of carbonyl (C=O) groups excluding carboxylic acids is 2. The Morgan fingerprint density at radius 1 is 1.19 bits per heavy atom. The van der Waals surface area contributed by atoms with E-state index in [1.807, 2.05) is 41.8 Å². The van der Waals surface area contributed by atoms with Crippen molar-refractivity contribution in [2.75, 3.05) is 40.5 Å². The summed E-state index contributed by atoms with van der Waals surface area (Å²) >= 11 is 1.42. The first-order valence-electron chi connectivity index (χ1n) is 8.87. The molecule has 1 aliphatic heterocycles. The van der Waals surface area contributed by atoms with E-state index in [-0.39, 0.29) is 23.7 Å². The van der Waals surface area contributed by atoms with E-state index >= 15 is 0 Å². The van der Waals surface area contributed by atoms with Gasteiger partial charge in [0, 0.05) is 32.7 Å². The number of ether oxygens (including phenoxy) is 2. The van der Waals surface area contributed by atoms with E-state index in [2.05, 4.69) is 5.32 Å². The van der Waals surface area contributed by atoms with Crippen molar-refractivity contribution in [1.29, 1.82) is 0 Å². The molecular weight excluding hydrogens is 364 g/mol. The number of likely N-dealkylation sites (tertiary alicyclic amines) is 1. The van der Waals surface area contributed by atoms with Gasteiger partial charge in [0.15, 0.2) is 0 Å². The fraction of sp³-hybridized carbons (Fsp3) is 0.400. The molecule has 6 nitrogen and oxygen atoms in total. The molecule has 1 aliphatic rings. The Hall–Kier alpha value is -2.38. The van der Waals surface area contributed by atoms with Crippen LogP contribution in [0.2, 0.25) is 0 Å². The summed E-state index contributed by atoms with van der Waals surface area (Å²) in [6.45, 7) is 1.85. The largest absolute Gasteiger partial charge is 0.497 e. The smallest absolute Gasteiger partial charge is 0.263 e. The summed E-state index contributed by atoms with van der Waals surface area (Å²) in [5.74, 6) is 0.357. The monoisotopic (exact) mass is 388 g/mol. The third-order valence-corrected chi connectivity index (χ3v) is 5.68. The molecule has 0 bridgehead atoms. The van der Waals surface area contributed by atoms with E-state index in [9.17, 15) is 9.59 Å². The zero-order valence-electron chi connectivity index (χ0n) is 15.5. The molecule has 2 amide bonds. The summed E-state index contributed by atoms with van der Waals surface area (Å²) in [5.41, 5.74) is 1.03. The number of hydrogen-bond donors (Lipinski definition) is 1. The number of benzene rings is 1. The van der Waals surface area contributed by atoms with Crippen LogP contribution < -0.4 is 10.1 Å². The Kier molecular flexibility index (Phi) is 6.47. The third-order valence-electron chi connectivity index (χ3n) is 4.83. The van der Waals surface area contributed by atoms with Crippen molar-refractivity contribution in [3.05, 3.63) is 52.2 Å². The number of amides is 2. The highest BCUT2D eigenvalue weighted by molar-refractivity contribution is 7.12. The van der Waals surface area contributed by atoms with E-state index in [4.69, 9.17) is 9.47 Å². The second-order valence-electron chi connectivity index (χ2n) is 6.46. The maximum atomic E-state index is 12.8. The first kappa shape index (κ1) is 19.4. The van der Waals surface area contributed by atoms with Crippen LogP contribution in [-0.2, 0) is 9.53 Å². The van der Waals surface area contributed by atoms with Crippen LogP contribution in [0, 0.1) is 5.92 Å². The molecule has 0 aliphatic carbocycles. The Morgan fingerprint density at radius 3 is 2.59 bits per heavy atom. The summed E-state index contributed by atoms with van der Waals surface area (Å²) in [4.78, 5) is 28.0. The molecule has 0 unspecified atom stereocenters. The highest BCUT2D eigenvalue weighted by Gasteiger charge is 2.40. The fourth-order valence-corrected chi connectivity index (χ4v) is 4.08. The van der Waals surface area contributed by atoms with Crippen molar-refractivity contribution < 1.29 is 19.1 Å². The van der Waals surface area contributed by atoms with Crippen LogP contribution >= 0.6 is 11.3 Å². The molecule has 1 N–H and O–H groups in total. The highest BCUT2D eigenvalue weighted by atomic mass is 32.1. The van der Waals surface area contributed by atoms with Gasteiger partial charge in [-0.15, -0.1) is 11.3 Å². The van der Waals surface area contributed by atoms with Gasteiger partial charge in [-0.1, -0.05) is 18.2 Å². The second-order valence-corrected chi connectivity index (χ2v) is 7.41. The molecular formula is C20H24N2O4S. The number of rotatable bonds is 7. The maximum Gasteiger partial charge on any atom is 0.263 e. The van der Waals surface area contributed by atoms with Crippen molar-refractivity contribution in [3.63, 3.8) is 0 Å². The van der Waals surface area contributed by atoms with Gasteiger partial charge in [0.2, 0.25) is 5.91 Å². The molecule has 2 heterocycles. The third kappa shape index (κ3) is 4.48. The number of thiophene rings is 1. The molecule has 1 aromatic carbocycles. The Balaban J connectivity index is 1.79. The van der Waals surface area contributed by atoms with Gasteiger partial charge < -0.3 is 19.7 Å². The Morgan fingerprint density at radius 2 is 1.96 bits per heavy atom. The van der Waals surface area contributed by atoms with Crippen LogP contribution in [0.5, 0.6) is 5.75 Å². The van der Waals surface area contributed by atoms with Gasteiger partial charge in [0.1, 0.15) is 5.75 Å². The molecule has 0 spiro atoms. The number of nitrogens with one attached hydrogen (secondary N) is 1. The van der Waals surface area contributed by atoms with Crippen molar-refractivity contribution in [3.8, 4) is 5.75 Å². The lowest BCUT2D eigenvalue weighted by molar-refractivity contribution is -0.125. The minimum absolute atomic E-state index is 0.0179. The molecule has 2 aromatic rings. The SMILES string of the molecule is COCCNC(=O)[C@@H]1CN(C(=O)c2cccs2)C[C@@H]1c1ccc(OC)cc1. The van der Waals surface area contributed by atoms with Crippen molar-refractivity contribution in [2.45, 2.75) is 5.92 Å². The Bertz CT molecular complexity index is 761. The van der Waals surface area contributed by atoms with Crippen LogP contribution in [0.1, 0.15) is 21.2 Å². The normalized spacial score (nSPS) is 19.1. The molecule has 0 radical (unpaired) electrons. The molecule has 7 heteroatoms. The number of nitrogens with zero attached hydrogens (tertiary/aromatic N) is 1. The van der Waals surface area contributed by atoms with E-state index in [0.717, 1.165) is 11.3 Å². The zero-order chi connectivity index (χ0) is 19.2. The fourth-order valence-electron chi connectivity index (χ4n) is 3.39. The molecule has 144 valence electrons.